The maximum absolute atomic E-state index is 13.2. The Bertz CT molecular complexity index is 897. The number of carbonyl (C=O) groups excluding carboxylic acids is 1. The smallest absolute Gasteiger partial charge is 0.233 e. The molecule has 3 heterocycles. The van der Waals surface area contributed by atoms with Crippen molar-refractivity contribution in [2.24, 2.45) is 5.92 Å². The number of hydrogen-bond donors (Lipinski definition) is 0. The van der Waals surface area contributed by atoms with Crippen molar-refractivity contribution in [2.45, 2.75) is 56.3 Å². The second kappa shape index (κ2) is 10.3. The number of piperidine rings is 1. The minimum absolute atomic E-state index is 0.258. The van der Waals surface area contributed by atoms with Gasteiger partial charge >= 0.3 is 0 Å². The van der Waals surface area contributed by atoms with E-state index in [0.717, 1.165) is 37.2 Å². The van der Waals surface area contributed by atoms with Crippen LogP contribution in [0.3, 0.4) is 0 Å². The Morgan fingerprint density at radius 1 is 1.00 bits per heavy atom. The molecule has 0 radical (unpaired) electrons. The highest BCUT2D eigenvalue weighted by Gasteiger charge is 2.35. The fourth-order valence-corrected chi connectivity index (χ4v) is 6.25. The molecule has 3 aliphatic rings. The van der Waals surface area contributed by atoms with E-state index in [-0.39, 0.29) is 5.91 Å². The number of fused-ring (bicyclic) bond motifs is 1. The van der Waals surface area contributed by atoms with Crippen molar-refractivity contribution in [3.05, 3.63) is 35.9 Å². The van der Waals surface area contributed by atoms with Gasteiger partial charge in [0.1, 0.15) is 0 Å². The molecule has 2 saturated heterocycles. The lowest BCUT2D eigenvalue weighted by Gasteiger charge is -2.44. The lowest BCUT2D eigenvalue weighted by atomic mass is 9.78. The number of thioether (sulfide) groups is 1. The summed E-state index contributed by atoms with van der Waals surface area (Å²) in [5, 5.41) is 9.86. The second-order valence-corrected chi connectivity index (χ2v) is 10.0. The van der Waals surface area contributed by atoms with E-state index in [1.165, 1.54) is 49.4 Å². The number of hydrogen-bond acceptors (Lipinski definition) is 6. The van der Waals surface area contributed by atoms with Gasteiger partial charge in [-0.2, -0.15) is 0 Å². The minimum Gasteiger partial charge on any atom is -0.378 e. The number of aromatic nitrogens is 3. The molecule has 2 aromatic rings. The SMILES string of the molecule is O=C(CSc1nnc(N2CCOCC2)n1Cc1ccccc1)N1CCC[C@@H]2CCCC[C@H]21. The number of morpholine rings is 1. The summed E-state index contributed by atoms with van der Waals surface area (Å²) in [5.41, 5.74) is 1.20. The van der Waals surface area contributed by atoms with Crippen molar-refractivity contribution < 1.29 is 9.53 Å². The van der Waals surface area contributed by atoms with Gasteiger partial charge in [-0.3, -0.25) is 9.36 Å². The van der Waals surface area contributed by atoms with Crippen molar-refractivity contribution in [3.63, 3.8) is 0 Å². The largest absolute Gasteiger partial charge is 0.378 e. The normalized spacial score (nSPS) is 23.8. The molecule has 5 rings (SSSR count). The maximum atomic E-state index is 13.2. The zero-order valence-corrected chi connectivity index (χ0v) is 19.5. The Balaban J connectivity index is 1.31. The van der Waals surface area contributed by atoms with Gasteiger partial charge in [0.25, 0.3) is 0 Å². The molecule has 3 fully saturated rings. The van der Waals surface area contributed by atoms with Crippen molar-refractivity contribution >= 4 is 23.6 Å². The Morgan fingerprint density at radius 2 is 1.78 bits per heavy atom. The summed E-state index contributed by atoms with van der Waals surface area (Å²) in [6, 6.07) is 10.9. The first kappa shape index (κ1) is 21.8. The van der Waals surface area contributed by atoms with Gasteiger partial charge < -0.3 is 14.5 Å². The van der Waals surface area contributed by atoms with Gasteiger partial charge in [0.15, 0.2) is 5.16 Å². The van der Waals surface area contributed by atoms with Gasteiger partial charge in [-0.05, 0) is 37.2 Å². The summed E-state index contributed by atoms with van der Waals surface area (Å²) in [7, 11) is 0. The third-order valence-electron chi connectivity index (χ3n) is 7.06. The minimum atomic E-state index is 0.258. The van der Waals surface area contributed by atoms with Crippen LogP contribution >= 0.6 is 11.8 Å². The number of ether oxygens (including phenoxy) is 1. The Labute approximate surface area is 194 Å². The first-order valence-corrected chi connectivity index (χ1v) is 13.0. The van der Waals surface area contributed by atoms with Gasteiger partial charge in [0, 0.05) is 25.7 Å². The number of nitrogens with zero attached hydrogens (tertiary/aromatic N) is 5. The average Bonchev–Trinajstić information content (AvgIpc) is 3.25. The van der Waals surface area contributed by atoms with Crippen LogP contribution in [0.1, 0.15) is 44.1 Å². The number of benzene rings is 1. The molecule has 0 unspecified atom stereocenters. The maximum Gasteiger partial charge on any atom is 0.233 e. The molecule has 1 amide bonds. The van der Waals surface area contributed by atoms with E-state index in [4.69, 9.17) is 4.74 Å². The standard InChI is InChI=1S/C24H33N5O2S/c30-22(28-12-6-10-20-9-4-5-11-21(20)28)18-32-24-26-25-23(27-13-15-31-16-14-27)29(24)17-19-7-2-1-3-8-19/h1-3,7-8,20-21H,4-6,9-18H2/t20-,21+/m0/s1. The number of amides is 1. The summed E-state index contributed by atoms with van der Waals surface area (Å²) in [6.07, 6.45) is 7.47. The third-order valence-corrected chi connectivity index (χ3v) is 8.01. The molecule has 0 bridgehead atoms. The number of carbonyl (C=O) groups is 1. The van der Waals surface area contributed by atoms with Gasteiger partial charge in [0.05, 0.1) is 25.5 Å². The van der Waals surface area contributed by atoms with E-state index in [0.29, 0.717) is 37.5 Å². The fourth-order valence-electron chi connectivity index (χ4n) is 5.43. The Morgan fingerprint density at radius 3 is 2.62 bits per heavy atom. The topological polar surface area (TPSA) is 63.5 Å². The summed E-state index contributed by atoms with van der Waals surface area (Å²) in [5.74, 6) is 2.27. The predicted octanol–water partition coefficient (Wildman–Crippen LogP) is 3.44. The van der Waals surface area contributed by atoms with Crippen LogP contribution in [0, 0.1) is 5.92 Å². The van der Waals surface area contributed by atoms with E-state index < -0.39 is 0 Å². The molecule has 32 heavy (non-hydrogen) atoms. The van der Waals surface area contributed by atoms with Crippen LogP contribution in [0.15, 0.2) is 35.5 Å². The van der Waals surface area contributed by atoms with Crippen LogP contribution in [0.5, 0.6) is 0 Å². The summed E-state index contributed by atoms with van der Waals surface area (Å²) < 4.78 is 7.69. The molecule has 1 aliphatic carbocycles. The first-order valence-electron chi connectivity index (χ1n) is 12.0. The van der Waals surface area contributed by atoms with Crippen LogP contribution in [0.4, 0.5) is 5.95 Å². The van der Waals surface area contributed by atoms with E-state index in [1.54, 1.807) is 0 Å². The predicted molar refractivity (Wildman–Crippen MR) is 126 cm³/mol. The van der Waals surface area contributed by atoms with Crippen LogP contribution in [-0.4, -0.2) is 70.2 Å². The van der Waals surface area contributed by atoms with Crippen LogP contribution in [-0.2, 0) is 16.1 Å². The molecular formula is C24H33N5O2S. The van der Waals surface area contributed by atoms with Crippen LogP contribution in [0.2, 0.25) is 0 Å². The van der Waals surface area contributed by atoms with Crippen LogP contribution in [0.25, 0.3) is 0 Å². The van der Waals surface area contributed by atoms with Gasteiger partial charge in [-0.1, -0.05) is 54.9 Å². The number of anilines is 1. The Kier molecular flexibility index (Phi) is 6.97. The molecule has 2 aliphatic heterocycles. The number of likely N-dealkylation sites (tertiary alicyclic amines) is 1. The molecule has 0 spiro atoms. The first-order chi connectivity index (χ1) is 15.8. The van der Waals surface area contributed by atoms with E-state index in [9.17, 15) is 4.79 Å². The van der Waals surface area contributed by atoms with Gasteiger partial charge in [-0.15, -0.1) is 10.2 Å². The van der Waals surface area contributed by atoms with Gasteiger partial charge in [-0.25, -0.2) is 0 Å². The van der Waals surface area contributed by atoms with Crippen molar-refractivity contribution in [2.75, 3.05) is 43.5 Å². The Hall–Kier alpha value is -2.06. The molecule has 2 atom stereocenters. The second-order valence-electron chi connectivity index (χ2n) is 9.08. The molecule has 172 valence electrons. The fraction of sp³-hybridized carbons (Fsp3) is 0.625. The lowest BCUT2D eigenvalue weighted by Crippen LogP contribution is -2.50. The summed E-state index contributed by atoms with van der Waals surface area (Å²) in [6.45, 7) is 4.65. The molecule has 0 N–H and O–H groups in total. The van der Waals surface area contributed by atoms with Crippen LogP contribution < -0.4 is 4.90 Å². The highest BCUT2D eigenvalue weighted by atomic mass is 32.2. The quantitative estimate of drug-likeness (QED) is 0.622. The average molecular weight is 456 g/mol. The van der Waals surface area contributed by atoms with Gasteiger partial charge in [0.2, 0.25) is 11.9 Å². The zero-order valence-electron chi connectivity index (χ0n) is 18.7. The molecule has 7 nitrogen and oxygen atoms in total. The molecular weight excluding hydrogens is 422 g/mol. The monoisotopic (exact) mass is 455 g/mol. The molecule has 1 aromatic heterocycles. The lowest BCUT2D eigenvalue weighted by molar-refractivity contribution is -0.134. The number of rotatable bonds is 6. The third kappa shape index (κ3) is 4.81. The van der Waals surface area contributed by atoms with Crippen molar-refractivity contribution in [1.29, 1.82) is 0 Å². The zero-order chi connectivity index (χ0) is 21.8. The molecule has 1 saturated carbocycles. The summed E-state index contributed by atoms with van der Waals surface area (Å²) in [4.78, 5) is 17.6. The van der Waals surface area contributed by atoms with Crippen molar-refractivity contribution in [3.8, 4) is 0 Å². The molecule has 1 aromatic carbocycles. The highest BCUT2D eigenvalue weighted by Crippen LogP contribution is 2.36. The van der Waals surface area contributed by atoms with E-state index in [2.05, 4.69) is 48.8 Å². The van der Waals surface area contributed by atoms with Crippen molar-refractivity contribution in [1.82, 2.24) is 19.7 Å². The van der Waals surface area contributed by atoms with E-state index >= 15 is 0 Å². The summed E-state index contributed by atoms with van der Waals surface area (Å²) >= 11 is 1.53. The molecule has 8 heteroatoms. The highest BCUT2D eigenvalue weighted by molar-refractivity contribution is 7.99. The van der Waals surface area contributed by atoms with E-state index in [1.807, 2.05) is 6.07 Å².